The van der Waals surface area contributed by atoms with Crippen molar-refractivity contribution in [1.29, 1.82) is 0 Å². The largest absolute Gasteiger partial charge is 0.478 e. The summed E-state index contributed by atoms with van der Waals surface area (Å²) in [5.41, 5.74) is 1.00. The first-order valence-corrected chi connectivity index (χ1v) is 9.80. The first kappa shape index (κ1) is 20.0. The van der Waals surface area contributed by atoms with Gasteiger partial charge in [-0.15, -0.1) is 0 Å². The number of hydrogen-bond acceptors (Lipinski definition) is 3. The van der Waals surface area contributed by atoms with Crippen LogP contribution in [0.25, 0.3) is 0 Å². The number of carbonyl (C=O) groups is 2. The van der Waals surface area contributed by atoms with E-state index in [1.165, 1.54) is 18.3 Å². The third kappa shape index (κ3) is 3.69. The zero-order valence-corrected chi connectivity index (χ0v) is 16.6. The highest BCUT2D eigenvalue weighted by atomic mass is 16.4. The second-order valence-corrected chi connectivity index (χ2v) is 7.01. The van der Waals surface area contributed by atoms with Crippen LogP contribution in [0, 0.1) is 0 Å². The summed E-state index contributed by atoms with van der Waals surface area (Å²) in [5, 5.41) is 12.3. The molecule has 4 aromatic rings. The average Bonchev–Trinajstić information content (AvgIpc) is 2.82. The molecule has 1 aromatic heterocycles. The van der Waals surface area contributed by atoms with Gasteiger partial charge in [0.2, 0.25) is 5.91 Å². The predicted molar refractivity (Wildman–Crippen MR) is 119 cm³/mol. The van der Waals surface area contributed by atoms with Crippen molar-refractivity contribution in [1.82, 2.24) is 4.98 Å². The van der Waals surface area contributed by atoms with E-state index in [1.807, 2.05) is 91.0 Å². The van der Waals surface area contributed by atoms with Crippen molar-refractivity contribution < 1.29 is 14.7 Å². The van der Waals surface area contributed by atoms with Crippen molar-refractivity contribution in [3.05, 3.63) is 132 Å². The molecule has 0 aliphatic heterocycles. The molecule has 0 unspecified atom stereocenters. The molecule has 0 saturated heterocycles. The minimum absolute atomic E-state index is 0.00664. The van der Waals surface area contributed by atoms with Crippen molar-refractivity contribution in [3.8, 4) is 0 Å². The van der Waals surface area contributed by atoms with E-state index in [9.17, 15) is 14.7 Å². The Balaban J connectivity index is 1.97. The minimum Gasteiger partial charge on any atom is -0.478 e. The predicted octanol–water partition coefficient (Wildman–Crippen LogP) is 4.75. The smallest absolute Gasteiger partial charge is 0.339 e. The standard InChI is InChI=1S/C26H20N2O3/c29-24(30)22-17-10-18-27-23(22)28-25(31)26(19-11-4-1-5-12-19,20-13-6-2-7-14-20)21-15-8-3-9-16-21/h1-18H,(H,29,30)(H,27,28,31). The van der Waals surface area contributed by atoms with Gasteiger partial charge in [-0.3, -0.25) is 4.79 Å². The number of amides is 1. The summed E-state index contributed by atoms with van der Waals surface area (Å²) < 4.78 is 0. The molecule has 31 heavy (non-hydrogen) atoms. The van der Waals surface area contributed by atoms with Crippen LogP contribution in [0.3, 0.4) is 0 Å². The molecular formula is C26H20N2O3. The number of rotatable bonds is 6. The lowest BCUT2D eigenvalue weighted by molar-refractivity contribution is -0.119. The van der Waals surface area contributed by atoms with E-state index in [1.54, 1.807) is 0 Å². The Kier molecular flexibility index (Phi) is 5.58. The van der Waals surface area contributed by atoms with Crippen LogP contribution in [-0.4, -0.2) is 22.0 Å². The van der Waals surface area contributed by atoms with Gasteiger partial charge >= 0.3 is 5.97 Å². The summed E-state index contributed by atoms with van der Waals surface area (Å²) in [5.74, 6) is -1.54. The van der Waals surface area contributed by atoms with Crippen molar-refractivity contribution in [2.45, 2.75) is 5.41 Å². The van der Waals surface area contributed by atoms with E-state index < -0.39 is 17.3 Å². The van der Waals surface area contributed by atoms with Crippen LogP contribution in [0.2, 0.25) is 0 Å². The molecule has 0 aliphatic rings. The van der Waals surface area contributed by atoms with Gasteiger partial charge in [0, 0.05) is 6.20 Å². The van der Waals surface area contributed by atoms with Crippen LogP contribution in [0.15, 0.2) is 109 Å². The molecule has 1 amide bonds. The first-order chi connectivity index (χ1) is 15.1. The number of hydrogen-bond donors (Lipinski definition) is 2. The third-order valence-electron chi connectivity index (χ3n) is 5.23. The van der Waals surface area contributed by atoms with E-state index in [2.05, 4.69) is 10.3 Å². The molecule has 0 fully saturated rings. The number of anilines is 1. The maximum absolute atomic E-state index is 14.1. The second kappa shape index (κ2) is 8.63. The summed E-state index contributed by atoms with van der Waals surface area (Å²) in [6.07, 6.45) is 1.46. The molecule has 152 valence electrons. The van der Waals surface area contributed by atoms with Crippen molar-refractivity contribution >= 4 is 17.7 Å². The molecule has 5 heteroatoms. The van der Waals surface area contributed by atoms with Gasteiger partial charge in [0.05, 0.1) is 0 Å². The summed E-state index contributed by atoms with van der Waals surface area (Å²) in [6.45, 7) is 0. The normalized spacial score (nSPS) is 11.0. The van der Waals surface area contributed by atoms with Crippen LogP contribution in [0.5, 0.6) is 0 Å². The van der Waals surface area contributed by atoms with Crippen LogP contribution in [0.4, 0.5) is 5.82 Å². The van der Waals surface area contributed by atoms with Crippen LogP contribution < -0.4 is 5.32 Å². The van der Waals surface area contributed by atoms with Gasteiger partial charge in [0.15, 0.2) is 0 Å². The molecular weight excluding hydrogens is 388 g/mol. The van der Waals surface area contributed by atoms with Crippen molar-refractivity contribution in [3.63, 3.8) is 0 Å². The molecule has 1 heterocycles. The van der Waals surface area contributed by atoms with Crippen LogP contribution in [0.1, 0.15) is 27.0 Å². The maximum atomic E-state index is 14.1. The summed E-state index contributed by atoms with van der Waals surface area (Å²) >= 11 is 0. The highest BCUT2D eigenvalue weighted by molar-refractivity contribution is 6.07. The lowest BCUT2D eigenvalue weighted by Crippen LogP contribution is -2.43. The van der Waals surface area contributed by atoms with Crippen LogP contribution in [-0.2, 0) is 10.2 Å². The number of nitrogens with one attached hydrogen (secondary N) is 1. The van der Waals surface area contributed by atoms with Gasteiger partial charge in [-0.2, -0.15) is 0 Å². The van der Waals surface area contributed by atoms with E-state index in [-0.39, 0.29) is 11.4 Å². The Labute approximate surface area is 180 Å². The molecule has 0 saturated carbocycles. The highest BCUT2D eigenvalue weighted by Gasteiger charge is 2.44. The number of pyridine rings is 1. The topological polar surface area (TPSA) is 79.3 Å². The lowest BCUT2D eigenvalue weighted by Gasteiger charge is -2.34. The molecule has 0 bridgehead atoms. The monoisotopic (exact) mass is 408 g/mol. The van der Waals surface area contributed by atoms with Crippen molar-refractivity contribution in [2.24, 2.45) is 0 Å². The second-order valence-electron chi connectivity index (χ2n) is 7.01. The number of nitrogens with zero attached hydrogens (tertiary/aromatic N) is 1. The minimum atomic E-state index is -1.21. The Morgan fingerprint density at radius 3 is 1.55 bits per heavy atom. The lowest BCUT2D eigenvalue weighted by atomic mass is 9.68. The molecule has 0 aliphatic carbocycles. The number of aromatic nitrogens is 1. The van der Waals surface area contributed by atoms with E-state index in [4.69, 9.17) is 0 Å². The molecule has 3 aromatic carbocycles. The fourth-order valence-corrected chi connectivity index (χ4v) is 3.84. The summed E-state index contributed by atoms with van der Waals surface area (Å²) in [6, 6.07) is 31.3. The molecule has 5 nitrogen and oxygen atoms in total. The molecule has 0 spiro atoms. The fourth-order valence-electron chi connectivity index (χ4n) is 3.84. The summed E-state index contributed by atoms with van der Waals surface area (Å²) in [7, 11) is 0. The van der Waals surface area contributed by atoms with Gasteiger partial charge in [-0.05, 0) is 28.8 Å². The van der Waals surface area contributed by atoms with Crippen molar-refractivity contribution in [2.75, 3.05) is 5.32 Å². The Morgan fingerprint density at radius 1 is 0.677 bits per heavy atom. The van der Waals surface area contributed by atoms with E-state index in [0.29, 0.717) is 0 Å². The Bertz CT molecular complexity index is 1100. The Hall–Kier alpha value is -4.25. The molecule has 0 radical (unpaired) electrons. The molecule has 2 N–H and O–H groups in total. The number of carbonyl (C=O) groups excluding carboxylic acids is 1. The van der Waals surface area contributed by atoms with Gasteiger partial charge in [0.1, 0.15) is 16.8 Å². The van der Waals surface area contributed by atoms with Crippen LogP contribution >= 0.6 is 0 Å². The highest BCUT2D eigenvalue weighted by Crippen LogP contribution is 2.40. The summed E-state index contributed by atoms with van der Waals surface area (Å²) in [4.78, 5) is 29.9. The maximum Gasteiger partial charge on any atom is 0.339 e. The SMILES string of the molecule is O=C(O)c1cccnc1NC(=O)C(c1ccccc1)(c1ccccc1)c1ccccc1. The number of carboxylic acid groups (broad SMARTS) is 1. The number of benzene rings is 3. The Morgan fingerprint density at radius 2 is 1.13 bits per heavy atom. The zero-order chi connectivity index (χ0) is 21.7. The van der Waals surface area contributed by atoms with E-state index >= 15 is 0 Å². The third-order valence-corrected chi connectivity index (χ3v) is 5.23. The molecule has 0 atom stereocenters. The number of carboxylic acids is 1. The molecule has 4 rings (SSSR count). The number of aromatic carboxylic acids is 1. The fraction of sp³-hybridized carbons (Fsp3) is 0.0385. The van der Waals surface area contributed by atoms with Gasteiger partial charge in [-0.1, -0.05) is 91.0 Å². The van der Waals surface area contributed by atoms with Gasteiger partial charge < -0.3 is 10.4 Å². The van der Waals surface area contributed by atoms with Gasteiger partial charge in [-0.25, -0.2) is 9.78 Å². The quantitative estimate of drug-likeness (QED) is 0.451. The van der Waals surface area contributed by atoms with E-state index in [0.717, 1.165) is 16.7 Å². The first-order valence-electron chi connectivity index (χ1n) is 9.80. The average molecular weight is 408 g/mol. The van der Waals surface area contributed by atoms with Gasteiger partial charge in [0.25, 0.3) is 0 Å². The zero-order valence-electron chi connectivity index (χ0n) is 16.6.